The molecule has 0 heterocycles. The van der Waals surface area contributed by atoms with Gasteiger partial charge in [-0.3, -0.25) is 4.99 Å². The van der Waals surface area contributed by atoms with Crippen LogP contribution in [0.3, 0.4) is 0 Å². The molecule has 6 heteroatoms. The molecule has 0 fully saturated rings. The number of rotatable bonds is 9. The van der Waals surface area contributed by atoms with E-state index in [0.29, 0.717) is 6.04 Å². The molecule has 0 amide bonds. The lowest BCUT2D eigenvalue weighted by Crippen LogP contribution is -2.45. The summed E-state index contributed by atoms with van der Waals surface area (Å²) in [5.74, 6) is 1.97. The summed E-state index contributed by atoms with van der Waals surface area (Å²) in [5, 5.41) is 10.3. The van der Waals surface area contributed by atoms with E-state index in [4.69, 9.17) is 4.99 Å². The number of aliphatic imine (C=N–C) groups is 1. The van der Waals surface area contributed by atoms with Crippen molar-refractivity contribution in [1.82, 2.24) is 16.0 Å². The Kier molecular flexibility index (Phi) is 12.6. The molecule has 138 valence electrons. The van der Waals surface area contributed by atoms with Gasteiger partial charge in [-0.1, -0.05) is 30.3 Å². The molecule has 0 aliphatic carbocycles. The largest absolute Gasteiger partial charge is 0.357 e. The Balaban J connectivity index is 0.00000529. The Morgan fingerprint density at radius 3 is 2.46 bits per heavy atom. The summed E-state index contributed by atoms with van der Waals surface area (Å²) in [4.78, 5) is 4.73. The fourth-order valence-corrected chi connectivity index (χ4v) is 2.65. The zero-order valence-corrected chi connectivity index (χ0v) is 18.7. The Bertz CT molecular complexity index is 465. The second kappa shape index (κ2) is 12.8. The lowest BCUT2D eigenvalue weighted by Gasteiger charge is -2.29. The first-order chi connectivity index (χ1) is 11.0. The summed E-state index contributed by atoms with van der Waals surface area (Å²) in [6.07, 6.45) is 2.11. The third-order valence-corrected chi connectivity index (χ3v) is 4.09. The maximum Gasteiger partial charge on any atom is 0.191 e. The number of hydrogen-bond acceptors (Lipinski definition) is 3. The maximum atomic E-state index is 4.73. The minimum absolute atomic E-state index is 0. The second-order valence-electron chi connectivity index (χ2n) is 6.28. The third-order valence-electron chi connectivity index (χ3n) is 3.48. The van der Waals surface area contributed by atoms with Crippen molar-refractivity contribution in [2.24, 2.45) is 4.99 Å². The summed E-state index contributed by atoms with van der Waals surface area (Å²) >= 11 is 1.83. The van der Waals surface area contributed by atoms with Crippen LogP contribution in [0.2, 0.25) is 0 Å². The van der Waals surface area contributed by atoms with E-state index in [1.54, 1.807) is 0 Å². The smallest absolute Gasteiger partial charge is 0.191 e. The molecule has 0 radical (unpaired) electrons. The first kappa shape index (κ1) is 23.5. The summed E-state index contributed by atoms with van der Waals surface area (Å²) < 4.78 is 0. The first-order valence-electron chi connectivity index (χ1n) is 8.32. The van der Waals surface area contributed by atoms with Crippen LogP contribution in [0.25, 0.3) is 0 Å². The van der Waals surface area contributed by atoms with Crippen molar-refractivity contribution in [3.63, 3.8) is 0 Å². The van der Waals surface area contributed by atoms with Crippen LogP contribution >= 0.6 is 35.7 Å². The van der Waals surface area contributed by atoms with Gasteiger partial charge in [-0.15, -0.1) is 24.0 Å². The molecule has 0 bridgehead atoms. The number of nitrogens with one attached hydrogen (secondary N) is 3. The van der Waals surface area contributed by atoms with Gasteiger partial charge in [0.25, 0.3) is 0 Å². The minimum atomic E-state index is -0.0723. The molecular weight excluding hydrogens is 431 g/mol. The van der Waals surface area contributed by atoms with Crippen molar-refractivity contribution in [1.29, 1.82) is 0 Å². The summed E-state index contributed by atoms with van der Waals surface area (Å²) in [6, 6.07) is 10.8. The standard InChI is InChI=1S/C18H32N4S.HI/c1-6-19-17(20-12-13-23-5)21-14-18(3,4)22-15(2)16-10-8-7-9-11-16;/h7-11,15,22H,6,12-14H2,1-5H3,(H2,19,20,21);1H. The van der Waals surface area contributed by atoms with Gasteiger partial charge in [0, 0.05) is 30.4 Å². The first-order valence-corrected chi connectivity index (χ1v) is 9.71. The Morgan fingerprint density at radius 1 is 1.21 bits per heavy atom. The van der Waals surface area contributed by atoms with E-state index in [0.717, 1.165) is 31.3 Å². The van der Waals surface area contributed by atoms with Gasteiger partial charge >= 0.3 is 0 Å². The molecule has 1 unspecified atom stereocenters. The minimum Gasteiger partial charge on any atom is -0.357 e. The lowest BCUT2D eigenvalue weighted by molar-refractivity contribution is 0.356. The molecule has 0 spiro atoms. The summed E-state index contributed by atoms with van der Waals surface area (Å²) in [5.41, 5.74) is 1.23. The Morgan fingerprint density at radius 2 is 1.88 bits per heavy atom. The number of hydrogen-bond donors (Lipinski definition) is 3. The van der Waals surface area contributed by atoms with Crippen LogP contribution in [-0.2, 0) is 0 Å². The molecule has 3 N–H and O–H groups in total. The summed E-state index contributed by atoms with van der Waals surface area (Å²) in [7, 11) is 0. The van der Waals surface area contributed by atoms with E-state index >= 15 is 0 Å². The van der Waals surface area contributed by atoms with Crippen molar-refractivity contribution in [3.8, 4) is 0 Å². The van der Waals surface area contributed by atoms with Crippen molar-refractivity contribution in [2.75, 3.05) is 31.6 Å². The zero-order chi connectivity index (χ0) is 17.1. The van der Waals surface area contributed by atoms with Gasteiger partial charge in [-0.25, -0.2) is 0 Å². The van der Waals surface area contributed by atoms with Crippen LogP contribution in [-0.4, -0.2) is 43.1 Å². The summed E-state index contributed by atoms with van der Waals surface area (Å²) in [6.45, 7) is 11.2. The molecule has 0 aliphatic rings. The zero-order valence-electron chi connectivity index (χ0n) is 15.6. The number of halogens is 1. The van der Waals surface area contributed by atoms with E-state index in [-0.39, 0.29) is 29.5 Å². The quantitative estimate of drug-likeness (QED) is 0.226. The van der Waals surface area contributed by atoms with E-state index in [2.05, 4.69) is 80.2 Å². The molecule has 0 aromatic heterocycles. The highest BCUT2D eigenvalue weighted by Gasteiger charge is 2.20. The fourth-order valence-electron chi connectivity index (χ4n) is 2.35. The van der Waals surface area contributed by atoms with Crippen molar-refractivity contribution >= 4 is 41.7 Å². The average molecular weight is 464 g/mol. The van der Waals surface area contributed by atoms with Crippen molar-refractivity contribution < 1.29 is 0 Å². The second-order valence-corrected chi connectivity index (χ2v) is 7.26. The van der Waals surface area contributed by atoms with Crippen molar-refractivity contribution in [3.05, 3.63) is 35.9 Å². The van der Waals surface area contributed by atoms with Crippen molar-refractivity contribution in [2.45, 2.75) is 39.3 Å². The number of thioether (sulfide) groups is 1. The molecule has 24 heavy (non-hydrogen) atoms. The molecule has 1 rings (SSSR count). The van der Waals surface area contributed by atoms with Gasteiger partial charge in [0.2, 0.25) is 0 Å². The van der Waals surface area contributed by atoms with Gasteiger partial charge in [0.15, 0.2) is 5.96 Å². The van der Waals surface area contributed by atoms with Crippen LogP contribution in [0.1, 0.15) is 39.3 Å². The van der Waals surface area contributed by atoms with Gasteiger partial charge in [-0.2, -0.15) is 11.8 Å². The number of guanidine groups is 1. The molecule has 1 aromatic rings. The molecule has 0 aliphatic heterocycles. The van der Waals surface area contributed by atoms with E-state index in [1.165, 1.54) is 5.56 Å². The molecule has 1 atom stereocenters. The van der Waals surface area contributed by atoms with Crippen LogP contribution in [0.5, 0.6) is 0 Å². The number of nitrogens with zero attached hydrogens (tertiary/aromatic N) is 1. The monoisotopic (exact) mass is 464 g/mol. The molecule has 4 nitrogen and oxygen atoms in total. The highest BCUT2D eigenvalue weighted by atomic mass is 127. The molecular formula is C18H33IN4S. The van der Waals surface area contributed by atoms with Gasteiger partial charge in [0.1, 0.15) is 0 Å². The average Bonchev–Trinajstić information content (AvgIpc) is 2.53. The normalized spacial score (nSPS) is 13.1. The number of benzene rings is 1. The van der Waals surface area contributed by atoms with E-state index < -0.39 is 0 Å². The SMILES string of the molecule is CCNC(=NCC(C)(C)NC(C)c1ccccc1)NCCSC.I. The van der Waals surface area contributed by atoms with Crippen LogP contribution in [0, 0.1) is 0 Å². The Hall–Kier alpha value is -0.470. The molecule has 0 saturated heterocycles. The lowest BCUT2D eigenvalue weighted by atomic mass is 10.0. The van der Waals surface area contributed by atoms with E-state index in [1.807, 2.05) is 11.8 Å². The predicted octanol–water partition coefficient (Wildman–Crippen LogP) is 3.65. The Labute approximate surface area is 169 Å². The third kappa shape index (κ3) is 9.74. The fraction of sp³-hybridized carbons (Fsp3) is 0.611. The van der Waals surface area contributed by atoms with Gasteiger partial charge in [-0.05, 0) is 39.5 Å². The molecule has 0 saturated carbocycles. The van der Waals surface area contributed by atoms with Gasteiger partial charge in [0.05, 0.1) is 6.54 Å². The highest BCUT2D eigenvalue weighted by molar-refractivity contribution is 14.0. The van der Waals surface area contributed by atoms with Crippen LogP contribution in [0.15, 0.2) is 35.3 Å². The van der Waals surface area contributed by atoms with Crippen LogP contribution < -0.4 is 16.0 Å². The molecule has 1 aromatic carbocycles. The predicted molar refractivity (Wildman–Crippen MR) is 120 cm³/mol. The highest BCUT2D eigenvalue weighted by Crippen LogP contribution is 2.16. The maximum absolute atomic E-state index is 4.73. The topological polar surface area (TPSA) is 48.5 Å². The van der Waals surface area contributed by atoms with Crippen LogP contribution in [0.4, 0.5) is 0 Å². The van der Waals surface area contributed by atoms with Gasteiger partial charge < -0.3 is 16.0 Å². The van der Waals surface area contributed by atoms with E-state index in [9.17, 15) is 0 Å².